The summed E-state index contributed by atoms with van der Waals surface area (Å²) in [7, 11) is 0. The van der Waals surface area contributed by atoms with Crippen LogP contribution < -0.4 is 0 Å². The maximum atomic E-state index is 12.5. The number of ether oxygens (including phenoxy) is 1. The quantitative estimate of drug-likeness (QED) is 0.888. The summed E-state index contributed by atoms with van der Waals surface area (Å²) in [4.78, 5) is 14.0. The minimum absolute atomic E-state index is 0.0683. The van der Waals surface area contributed by atoms with E-state index in [0.29, 0.717) is 19.6 Å². The molecule has 0 radical (unpaired) electrons. The third-order valence-electron chi connectivity index (χ3n) is 4.64. The van der Waals surface area contributed by atoms with Gasteiger partial charge < -0.3 is 14.7 Å². The second-order valence-electron chi connectivity index (χ2n) is 6.19. The Bertz CT molecular complexity index is 674. The average Bonchev–Trinajstić information content (AvgIpc) is 2.86. The van der Waals surface area contributed by atoms with E-state index in [9.17, 15) is 9.90 Å². The zero-order valence-corrected chi connectivity index (χ0v) is 13.9. The van der Waals surface area contributed by atoms with Crippen LogP contribution in [-0.2, 0) is 22.7 Å². The van der Waals surface area contributed by atoms with Crippen LogP contribution >= 0.6 is 0 Å². The zero-order valence-electron chi connectivity index (χ0n) is 13.9. The number of rotatable bonds is 6. The van der Waals surface area contributed by atoms with Crippen LogP contribution in [0.5, 0.6) is 0 Å². The Balaban J connectivity index is 1.73. The van der Waals surface area contributed by atoms with Gasteiger partial charge in [0.1, 0.15) is 6.10 Å². The fourth-order valence-electron chi connectivity index (χ4n) is 3.20. The molecule has 2 atom stereocenters. The smallest absolute Gasteiger partial charge is 0.228 e. The molecule has 0 aliphatic carbocycles. The second-order valence-corrected chi connectivity index (χ2v) is 6.19. The molecule has 2 aromatic carbocycles. The maximum Gasteiger partial charge on any atom is 0.228 e. The lowest BCUT2D eigenvalue weighted by molar-refractivity contribution is -0.175. The fourth-order valence-corrected chi connectivity index (χ4v) is 3.20. The molecule has 1 aliphatic rings. The summed E-state index contributed by atoms with van der Waals surface area (Å²) < 4.78 is 5.92. The van der Waals surface area contributed by atoms with E-state index in [2.05, 4.69) is 0 Å². The van der Waals surface area contributed by atoms with Crippen LogP contribution in [0.3, 0.4) is 0 Å². The molecule has 1 saturated heterocycles. The van der Waals surface area contributed by atoms with Gasteiger partial charge in [-0.15, -0.1) is 0 Å². The van der Waals surface area contributed by atoms with E-state index in [0.717, 1.165) is 11.1 Å². The SMILES string of the molecule is CCC1(O)[C@@H](OCc2ccccc2)CC(=O)N1Cc1ccccc1. The minimum Gasteiger partial charge on any atom is -0.368 e. The molecule has 1 fully saturated rings. The molecule has 0 bridgehead atoms. The van der Waals surface area contributed by atoms with Crippen molar-refractivity contribution < 1.29 is 14.6 Å². The lowest BCUT2D eigenvalue weighted by atomic mass is 10.0. The third-order valence-corrected chi connectivity index (χ3v) is 4.64. The molecule has 1 unspecified atom stereocenters. The Morgan fingerprint density at radius 3 is 2.25 bits per heavy atom. The number of hydrogen-bond acceptors (Lipinski definition) is 3. The topological polar surface area (TPSA) is 49.8 Å². The molecular weight excluding hydrogens is 302 g/mol. The zero-order chi connectivity index (χ0) is 17.0. The molecule has 126 valence electrons. The van der Waals surface area contributed by atoms with Gasteiger partial charge in [0, 0.05) is 6.54 Å². The van der Waals surface area contributed by atoms with E-state index in [1.54, 1.807) is 4.90 Å². The Morgan fingerprint density at radius 1 is 1.08 bits per heavy atom. The lowest BCUT2D eigenvalue weighted by Gasteiger charge is -2.36. The molecule has 0 spiro atoms. The van der Waals surface area contributed by atoms with E-state index >= 15 is 0 Å². The van der Waals surface area contributed by atoms with E-state index in [1.807, 2.05) is 67.6 Å². The molecule has 3 rings (SSSR count). The van der Waals surface area contributed by atoms with Gasteiger partial charge in [-0.2, -0.15) is 0 Å². The molecule has 0 aromatic heterocycles. The molecule has 0 saturated carbocycles. The molecule has 1 amide bonds. The van der Waals surface area contributed by atoms with E-state index in [4.69, 9.17) is 4.74 Å². The summed E-state index contributed by atoms with van der Waals surface area (Å²) in [5.41, 5.74) is 0.771. The predicted molar refractivity (Wildman–Crippen MR) is 91.9 cm³/mol. The number of benzene rings is 2. The molecule has 2 aromatic rings. The van der Waals surface area contributed by atoms with Crippen molar-refractivity contribution in [3.63, 3.8) is 0 Å². The Kier molecular flexibility index (Phi) is 4.97. The van der Waals surface area contributed by atoms with Crippen molar-refractivity contribution in [1.82, 2.24) is 4.90 Å². The van der Waals surface area contributed by atoms with Crippen molar-refractivity contribution in [1.29, 1.82) is 0 Å². The summed E-state index contributed by atoms with van der Waals surface area (Å²) in [6.07, 6.45) is 0.133. The first kappa shape index (κ1) is 16.7. The number of carbonyl (C=O) groups is 1. The van der Waals surface area contributed by atoms with Gasteiger partial charge in [-0.05, 0) is 17.5 Å². The average molecular weight is 325 g/mol. The van der Waals surface area contributed by atoms with Crippen LogP contribution in [0.4, 0.5) is 0 Å². The van der Waals surface area contributed by atoms with E-state index in [1.165, 1.54) is 0 Å². The maximum absolute atomic E-state index is 12.5. The standard InChI is InChI=1S/C20H23NO3/c1-2-20(23)18(24-15-17-11-7-4-8-12-17)13-19(22)21(20)14-16-9-5-3-6-10-16/h3-12,18,23H,2,13-15H2,1H3/t18-,20?/m0/s1. The first-order valence-electron chi connectivity index (χ1n) is 8.36. The molecule has 4 nitrogen and oxygen atoms in total. The monoisotopic (exact) mass is 325 g/mol. The second kappa shape index (κ2) is 7.16. The van der Waals surface area contributed by atoms with Crippen molar-refractivity contribution in [2.75, 3.05) is 0 Å². The van der Waals surface area contributed by atoms with Crippen molar-refractivity contribution in [3.05, 3.63) is 71.8 Å². The Labute approximate surface area is 142 Å². The fraction of sp³-hybridized carbons (Fsp3) is 0.350. The summed E-state index contributed by atoms with van der Waals surface area (Å²) >= 11 is 0. The number of carbonyl (C=O) groups excluding carboxylic acids is 1. The minimum atomic E-state index is -1.26. The van der Waals surface area contributed by atoms with Gasteiger partial charge in [0.05, 0.1) is 13.0 Å². The largest absolute Gasteiger partial charge is 0.368 e. The summed E-state index contributed by atoms with van der Waals surface area (Å²) in [6.45, 7) is 2.67. The van der Waals surface area contributed by atoms with Crippen molar-refractivity contribution in [2.24, 2.45) is 0 Å². The predicted octanol–water partition coefficient (Wildman–Crippen LogP) is 3.10. The highest BCUT2D eigenvalue weighted by molar-refractivity contribution is 5.80. The van der Waals surface area contributed by atoms with Crippen molar-refractivity contribution in [2.45, 2.75) is 44.7 Å². The van der Waals surface area contributed by atoms with Gasteiger partial charge in [0.2, 0.25) is 5.91 Å². The molecule has 4 heteroatoms. The van der Waals surface area contributed by atoms with E-state index < -0.39 is 11.8 Å². The number of nitrogens with zero attached hydrogens (tertiary/aromatic N) is 1. The first-order chi connectivity index (χ1) is 11.6. The van der Waals surface area contributed by atoms with Gasteiger partial charge in [-0.1, -0.05) is 67.6 Å². The number of hydrogen-bond donors (Lipinski definition) is 1. The molecule has 24 heavy (non-hydrogen) atoms. The number of amides is 1. The highest BCUT2D eigenvalue weighted by Gasteiger charge is 2.51. The van der Waals surface area contributed by atoms with Gasteiger partial charge in [0.25, 0.3) is 0 Å². The van der Waals surface area contributed by atoms with Crippen LogP contribution in [0.2, 0.25) is 0 Å². The van der Waals surface area contributed by atoms with Crippen LogP contribution in [-0.4, -0.2) is 27.7 Å². The molecular formula is C20H23NO3. The Morgan fingerprint density at radius 2 is 1.67 bits per heavy atom. The van der Waals surface area contributed by atoms with Crippen molar-refractivity contribution >= 4 is 5.91 Å². The Hall–Kier alpha value is -2.17. The van der Waals surface area contributed by atoms with Crippen LogP contribution in [0.1, 0.15) is 30.9 Å². The van der Waals surface area contributed by atoms with Crippen LogP contribution in [0.25, 0.3) is 0 Å². The molecule has 1 N–H and O–H groups in total. The van der Waals surface area contributed by atoms with E-state index in [-0.39, 0.29) is 12.3 Å². The highest BCUT2D eigenvalue weighted by Crippen LogP contribution is 2.35. The summed E-state index contributed by atoms with van der Waals surface area (Å²) in [6, 6.07) is 19.5. The van der Waals surface area contributed by atoms with Gasteiger partial charge in [0.15, 0.2) is 5.72 Å². The summed E-state index contributed by atoms with van der Waals surface area (Å²) in [5.74, 6) is -0.0683. The van der Waals surface area contributed by atoms with Gasteiger partial charge in [-0.25, -0.2) is 0 Å². The van der Waals surface area contributed by atoms with Gasteiger partial charge >= 0.3 is 0 Å². The van der Waals surface area contributed by atoms with Gasteiger partial charge in [-0.3, -0.25) is 4.79 Å². The van der Waals surface area contributed by atoms with Crippen LogP contribution in [0, 0.1) is 0 Å². The number of likely N-dealkylation sites (tertiary alicyclic amines) is 1. The first-order valence-corrected chi connectivity index (χ1v) is 8.36. The lowest BCUT2D eigenvalue weighted by Crippen LogP contribution is -2.51. The van der Waals surface area contributed by atoms with Crippen molar-refractivity contribution in [3.8, 4) is 0 Å². The normalized spacial score (nSPS) is 23.7. The third kappa shape index (κ3) is 3.35. The van der Waals surface area contributed by atoms with Crippen LogP contribution in [0.15, 0.2) is 60.7 Å². The molecule has 1 aliphatic heterocycles. The highest BCUT2D eigenvalue weighted by atomic mass is 16.5. The molecule has 1 heterocycles. The summed E-state index contributed by atoms with van der Waals surface area (Å²) in [5, 5.41) is 11.1. The number of aliphatic hydroxyl groups is 1.